The molecule has 1 aliphatic heterocycles. The zero-order chi connectivity index (χ0) is 9.64. The van der Waals surface area contributed by atoms with Crippen LogP contribution in [0.3, 0.4) is 0 Å². The molecule has 0 amide bonds. The van der Waals surface area contributed by atoms with Gasteiger partial charge in [-0.2, -0.15) is 0 Å². The lowest BCUT2D eigenvalue weighted by molar-refractivity contribution is -0.161. The number of hydrogen-bond acceptors (Lipinski definition) is 3. The van der Waals surface area contributed by atoms with Crippen molar-refractivity contribution >= 4 is 5.78 Å². The number of rotatable bonds is 1. The predicted molar refractivity (Wildman–Crippen MR) is 47.1 cm³/mol. The monoisotopic (exact) mass is 182 g/mol. The molecule has 0 N–H and O–H groups in total. The molecular weight excluding hydrogens is 168 g/mol. The van der Waals surface area contributed by atoms with Crippen LogP contribution in [0.2, 0.25) is 0 Å². The van der Waals surface area contributed by atoms with Crippen molar-refractivity contribution in [1.82, 2.24) is 0 Å². The molecule has 0 spiro atoms. The van der Waals surface area contributed by atoms with Gasteiger partial charge >= 0.3 is 0 Å². The second-order valence-electron chi connectivity index (χ2n) is 4.09. The highest BCUT2D eigenvalue weighted by Crippen LogP contribution is 2.39. The summed E-state index contributed by atoms with van der Waals surface area (Å²) in [6.45, 7) is 7.36. The second kappa shape index (κ2) is 2.66. The third-order valence-electron chi connectivity index (χ3n) is 2.61. The molecule has 72 valence electrons. The number of ketones is 1. The van der Waals surface area contributed by atoms with Crippen LogP contribution in [0, 0.1) is 5.92 Å². The number of Topliss-reactive ketones (excluding diaryl/α,β-unsaturated/α-hetero) is 1. The predicted octanol–water partition coefficient (Wildman–Crippen LogP) is 1.28. The molecule has 3 heteroatoms. The summed E-state index contributed by atoms with van der Waals surface area (Å²) < 4.78 is 11.1. The van der Waals surface area contributed by atoms with Crippen LogP contribution >= 0.6 is 0 Å². The lowest BCUT2D eigenvalue weighted by Crippen LogP contribution is -2.25. The van der Waals surface area contributed by atoms with Gasteiger partial charge in [0.05, 0.1) is 0 Å². The minimum Gasteiger partial charge on any atom is -0.343 e. The van der Waals surface area contributed by atoms with Gasteiger partial charge in [-0.3, -0.25) is 4.79 Å². The summed E-state index contributed by atoms with van der Waals surface area (Å²) in [6.07, 6.45) is 1.82. The third-order valence-corrected chi connectivity index (χ3v) is 2.61. The summed E-state index contributed by atoms with van der Waals surface area (Å²) in [5.41, 5.74) is 0. The van der Waals surface area contributed by atoms with Gasteiger partial charge in [0.2, 0.25) is 0 Å². The zero-order valence-corrected chi connectivity index (χ0v) is 7.95. The Morgan fingerprint density at radius 2 is 2.23 bits per heavy atom. The van der Waals surface area contributed by atoms with Crippen molar-refractivity contribution in [2.45, 2.75) is 38.3 Å². The van der Waals surface area contributed by atoms with E-state index in [0.717, 1.165) is 0 Å². The van der Waals surface area contributed by atoms with Crippen LogP contribution < -0.4 is 0 Å². The highest BCUT2D eigenvalue weighted by atomic mass is 16.8. The highest BCUT2D eigenvalue weighted by molar-refractivity contribution is 5.87. The standard InChI is InChI=1S/C10H14O3/c1-4-6-5-7(11)9-8(6)12-10(2,3)13-9/h4,6,8-9H,1,5H2,2-3H3/t6-,8+,9-/m1/s1. The van der Waals surface area contributed by atoms with Crippen molar-refractivity contribution in [2.75, 3.05) is 0 Å². The smallest absolute Gasteiger partial charge is 0.165 e. The molecule has 0 radical (unpaired) electrons. The van der Waals surface area contributed by atoms with E-state index in [-0.39, 0.29) is 23.9 Å². The molecule has 13 heavy (non-hydrogen) atoms. The van der Waals surface area contributed by atoms with Gasteiger partial charge in [-0.25, -0.2) is 0 Å². The average molecular weight is 182 g/mol. The molecule has 0 aromatic carbocycles. The first kappa shape index (κ1) is 8.91. The Bertz CT molecular complexity index is 257. The lowest BCUT2D eigenvalue weighted by atomic mass is 10.1. The molecule has 0 aromatic rings. The summed E-state index contributed by atoms with van der Waals surface area (Å²) in [5.74, 6) is -0.355. The van der Waals surface area contributed by atoms with Crippen LogP contribution in [-0.4, -0.2) is 23.8 Å². The van der Waals surface area contributed by atoms with E-state index >= 15 is 0 Å². The molecule has 0 bridgehead atoms. The van der Waals surface area contributed by atoms with Crippen molar-refractivity contribution < 1.29 is 14.3 Å². The molecule has 1 aliphatic carbocycles. The van der Waals surface area contributed by atoms with Crippen LogP contribution in [0.5, 0.6) is 0 Å². The molecule has 2 fully saturated rings. The van der Waals surface area contributed by atoms with E-state index in [4.69, 9.17) is 9.47 Å². The Kier molecular flexibility index (Phi) is 1.82. The topological polar surface area (TPSA) is 35.5 Å². The van der Waals surface area contributed by atoms with Gasteiger partial charge in [-0.05, 0) is 13.8 Å². The fourth-order valence-corrected chi connectivity index (χ4v) is 2.03. The molecule has 1 heterocycles. The Morgan fingerprint density at radius 1 is 1.54 bits per heavy atom. The Morgan fingerprint density at radius 3 is 2.85 bits per heavy atom. The van der Waals surface area contributed by atoms with Crippen LogP contribution in [0.4, 0.5) is 0 Å². The highest BCUT2D eigenvalue weighted by Gasteiger charge is 2.52. The lowest BCUT2D eigenvalue weighted by Gasteiger charge is -2.19. The maximum Gasteiger partial charge on any atom is 0.165 e. The van der Waals surface area contributed by atoms with Gasteiger partial charge in [0.1, 0.15) is 12.2 Å². The first-order valence-corrected chi connectivity index (χ1v) is 4.54. The summed E-state index contributed by atoms with van der Waals surface area (Å²) in [6, 6.07) is 0. The normalized spacial score (nSPS) is 42.0. The fourth-order valence-electron chi connectivity index (χ4n) is 2.03. The summed E-state index contributed by atoms with van der Waals surface area (Å²) >= 11 is 0. The van der Waals surface area contributed by atoms with Crippen LogP contribution in [0.25, 0.3) is 0 Å². The molecule has 0 unspecified atom stereocenters. The minimum atomic E-state index is -0.618. The second-order valence-corrected chi connectivity index (χ2v) is 4.09. The molecule has 2 rings (SSSR count). The number of fused-ring (bicyclic) bond motifs is 1. The molecule has 1 saturated carbocycles. The number of carbonyl (C=O) groups excluding carboxylic acids is 1. The van der Waals surface area contributed by atoms with Gasteiger partial charge in [0.25, 0.3) is 0 Å². The summed E-state index contributed by atoms with van der Waals surface area (Å²) in [7, 11) is 0. The minimum absolute atomic E-state index is 0.111. The van der Waals surface area contributed by atoms with E-state index in [2.05, 4.69) is 6.58 Å². The molecule has 2 aliphatic rings. The van der Waals surface area contributed by atoms with Crippen molar-refractivity contribution in [3.05, 3.63) is 12.7 Å². The zero-order valence-electron chi connectivity index (χ0n) is 7.95. The first-order valence-electron chi connectivity index (χ1n) is 4.54. The molecule has 3 atom stereocenters. The van der Waals surface area contributed by atoms with E-state index in [9.17, 15) is 4.79 Å². The molecule has 3 nitrogen and oxygen atoms in total. The Labute approximate surface area is 77.7 Å². The maximum atomic E-state index is 11.5. The van der Waals surface area contributed by atoms with Crippen molar-refractivity contribution in [3.8, 4) is 0 Å². The van der Waals surface area contributed by atoms with Gasteiger partial charge in [0.15, 0.2) is 11.6 Å². The van der Waals surface area contributed by atoms with E-state index in [0.29, 0.717) is 6.42 Å². The van der Waals surface area contributed by atoms with Crippen molar-refractivity contribution in [3.63, 3.8) is 0 Å². The first-order chi connectivity index (χ1) is 6.03. The van der Waals surface area contributed by atoms with Crippen LogP contribution in [0.1, 0.15) is 20.3 Å². The van der Waals surface area contributed by atoms with Crippen LogP contribution in [0.15, 0.2) is 12.7 Å². The van der Waals surface area contributed by atoms with E-state index in [1.54, 1.807) is 6.08 Å². The van der Waals surface area contributed by atoms with E-state index in [1.165, 1.54) is 0 Å². The van der Waals surface area contributed by atoms with Crippen molar-refractivity contribution in [1.29, 1.82) is 0 Å². The summed E-state index contributed by atoms with van der Waals surface area (Å²) in [5, 5.41) is 0. The average Bonchev–Trinajstić information content (AvgIpc) is 2.47. The van der Waals surface area contributed by atoms with Crippen molar-refractivity contribution in [2.24, 2.45) is 5.92 Å². The Hall–Kier alpha value is -0.670. The van der Waals surface area contributed by atoms with E-state index in [1.807, 2.05) is 13.8 Å². The molecule has 0 aromatic heterocycles. The van der Waals surface area contributed by atoms with Gasteiger partial charge < -0.3 is 9.47 Å². The maximum absolute atomic E-state index is 11.5. The number of ether oxygens (including phenoxy) is 2. The number of hydrogen-bond donors (Lipinski definition) is 0. The third kappa shape index (κ3) is 1.32. The van der Waals surface area contributed by atoms with Gasteiger partial charge in [-0.15, -0.1) is 6.58 Å². The Balaban J connectivity index is 2.22. The van der Waals surface area contributed by atoms with Crippen LogP contribution in [-0.2, 0) is 14.3 Å². The SMILES string of the molecule is C=C[C@@H]1CC(=O)[C@H]2OC(C)(C)O[C@@H]12. The molecular formula is C10H14O3. The van der Waals surface area contributed by atoms with E-state index < -0.39 is 5.79 Å². The van der Waals surface area contributed by atoms with Gasteiger partial charge in [-0.1, -0.05) is 6.08 Å². The quantitative estimate of drug-likeness (QED) is 0.573. The molecule has 1 saturated heterocycles. The van der Waals surface area contributed by atoms with Gasteiger partial charge in [0, 0.05) is 12.3 Å². The summed E-state index contributed by atoms with van der Waals surface area (Å²) in [4.78, 5) is 11.5. The largest absolute Gasteiger partial charge is 0.343 e. The number of carbonyl (C=O) groups is 1. The fraction of sp³-hybridized carbons (Fsp3) is 0.700.